The number of nitrogens with zero attached hydrogens (tertiary/aromatic N) is 3. The number of amides is 1. The average molecular weight is 451 g/mol. The number of nitrogens with one attached hydrogen (secondary N) is 1. The molecular formula is C27H26N6O. The number of carbonyl (C=O) groups is 1. The summed E-state index contributed by atoms with van der Waals surface area (Å²) >= 11 is 0. The van der Waals surface area contributed by atoms with E-state index in [0.29, 0.717) is 35.7 Å². The smallest absolute Gasteiger partial charge is 0.251 e. The number of azo groups is 1. The predicted octanol–water partition coefficient (Wildman–Crippen LogP) is 5.49. The van der Waals surface area contributed by atoms with Gasteiger partial charge in [-0.3, -0.25) is 4.79 Å². The van der Waals surface area contributed by atoms with Crippen molar-refractivity contribution in [2.24, 2.45) is 10.2 Å². The predicted molar refractivity (Wildman–Crippen MR) is 135 cm³/mol. The molecule has 0 saturated carbocycles. The maximum Gasteiger partial charge on any atom is 0.251 e. The molecule has 3 aromatic carbocycles. The molecule has 4 rings (SSSR count). The van der Waals surface area contributed by atoms with E-state index in [0.717, 1.165) is 22.3 Å². The largest absolute Gasteiger partial charge is 0.384 e. The van der Waals surface area contributed by atoms with Crippen LogP contribution in [0.25, 0.3) is 0 Å². The Morgan fingerprint density at radius 3 is 2.38 bits per heavy atom. The van der Waals surface area contributed by atoms with Gasteiger partial charge in [0, 0.05) is 12.1 Å². The van der Waals surface area contributed by atoms with Gasteiger partial charge in [-0.05, 0) is 60.4 Å². The summed E-state index contributed by atoms with van der Waals surface area (Å²) in [4.78, 5) is 16.8. The zero-order valence-electron chi connectivity index (χ0n) is 18.9. The van der Waals surface area contributed by atoms with E-state index in [2.05, 4.69) is 20.5 Å². The van der Waals surface area contributed by atoms with E-state index in [9.17, 15) is 4.79 Å². The number of nitrogen functional groups attached to an aromatic ring is 2. The number of anilines is 2. The number of hydrogen-bond donors (Lipinski definition) is 3. The SMILES string of the molecule is Cc1ccc(N=Nc2c(Cc3cccc(C(=O)NCc4ccccc4)c3)cc(N)nc2N)cc1. The van der Waals surface area contributed by atoms with Crippen LogP contribution in [0.2, 0.25) is 0 Å². The van der Waals surface area contributed by atoms with Crippen LogP contribution in [0.3, 0.4) is 0 Å². The third-order valence-corrected chi connectivity index (χ3v) is 5.30. The first-order chi connectivity index (χ1) is 16.5. The molecule has 34 heavy (non-hydrogen) atoms. The molecule has 0 radical (unpaired) electrons. The fourth-order valence-corrected chi connectivity index (χ4v) is 3.53. The molecule has 7 nitrogen and oxygen atoms in total. The average Bonchev–Trinajstić information content (AvgIpc) is 2.84. The summed E-state index contributed by atoms with van der Waals surface area (Å²) in [6, 6.07) is 26.7. The summed E-state index contributed by atoms with van der Waals surface area (Å²) in [5.74, 6) is 0.375. The fraction of sp³-hybridized carbons (Fsp3) is 0.111. The van der Waals surface area contributed by atoms with Crippen LogP contribution in [0.1, 0.15) is 32.6 Å². The molecule has 1 aromatic heterocycles. The van der Waals surface area contributed by atoms with Crippen LogP contribution in [-0.2, 0) is 13.0 Å². The highest BCUT2D eigenvalue weighted by atomic mass is 16.1. The van der Waals surface area contributed by atoms with Crippen molar-refractivity contribution in [3.05, 3.63) is 113 Å². The molecule has 170 valence electrons. The van der Waals surface area contributed by atoms with E-state index in [1.807, 2.05) is 79.7 Å². The van der Waals surface area contributed by atoms with Crippen LogP contribution in [0.5, 0.6) is 0 Å². The zero-order chi connectivity index (χ0) is 23.9. The molecule has 0 unspecified atom stereocenters. The molecule has 1 amide bonds. The van der Waals surface area contributed by atoms with E-state index < -0.39 is 0 Å². The number of aryl methyl sites for hydroxylation is 1. The maximum atomic E-state index is 12.7. The summed E-state index contributed by atoms with van der Waals surface area (Å²) in [7, 11) is 0. The van der Waals surface area contributed by atoms with Crippen LogP contribution in [-0.4, -0.2) is 10.9 Å². The van der Waals surface area contributed by atoms with Crippen LogP contribution in [0.15, 0.2) is 95.2 Å². The molecule has 1 heterocycles. The Balaban J connectivity index is 1.54. The van der Waals surface area contributed by atoms with Crippen molar-refractivity contribution in [3.63, 3.8) is 0 Å². The Kier molecular flexibility index (Phi) is 6.93. The third-order valence-electron chi connectivity index (χ3n) is 5.30. The Bertz CT molecular complexity index is 1320. The second-order valence-electron chi connectivity index (χ2n) is 8.02. The second kappa shape index (κ2) is 10.4. The highest BCUT2D eigenvalue weighted by Gasteiger charge is 2.12. The van der Waals surface area contributed by atoms with Gasteiger partial charge in [-0.15, -0.1) is 5.11 Å². The van der Waals surface area contributed by atoms with E-state index in [4.69, 9.17) is 11.5 Å². The summed E-state index contributed by atoms with van der Waals surface area (Å²) in [5, 5.41) is 11.6. The Labute approximate surface area is 198 Å². The van der Waals surface area contributed by atoms with Crippen molar-refractivity contribution in [1.29, 1.82) is 0 Å². The minimum Gasteiger partial charge on any atom is -0.384 e. The number of carbonyl (C=O) groups excluding carboxylic acids is 1. The molecule has 0 atom stereocenters. The summed E-state index contributed by atoms with van der Waals surface area (Å²) < 4.78 is 0. The zero-order valence-corrected chi connectivity index (χ0v) is 18.9. The molecule has 0 spiro atoms. The summed E-state index contributed by atoms with van der Waals surface area (Å²) in [6.07, 6.45) is 0.471. The van der Waals surface area contributed by atoms with Crippen molar-refractivity contribution in [2.45, 2.75) is 19.9 Å². The molecule has 0 fully saturated rings. The second-order valence-corrected chi connectivity index (χ2v) is 8.02. The van der Waals surface area contributed by atoms with Gasteiger partial charge in [-0.1, -0.05) is 60.2 Å². The van der Waals surface area contributed by atoms with Gasteiger partial charge in [0.15, 0.2) is 5.82 Å². The number of rotatable bonds is 7. The van der Waals surface area contributed by atoms with Gasteiger partial charge >= 0.3 is 0 Å². The van der Waals surface area contributed by atoms with E-state index in [-0.39, 0.29) is 11.7 Å². The van der Waals surface area contributed by atoms with E-state index in [1.165, 1.54) is 0 Å². The van der Waals surface area contributed by atoms with Gasteiger partial charge < -0.3 is 16.8 Å². The molecular weight excluding hydrogens is 424 g/mol. The summed E-state index contributed by atoms with van der Waals surface area (Å²) in [5.41, 5.74) is 17.7. The first-order valence-corrected chi connectivity index (χ1v) is 10.9. The number of hydrogen-bond acceptors (Lipinski definition) is 6. The minimum absolute atomic E-state index is 0.140. The lowest BCUT2D eigenvalue weighted by molar-refractivity contribution is 0.0951. The highest BCUT2D eigenvalue weighted by molar-refractivity contribution is 5.94. The van der Waals surface area contributed by atoms with Gasteiger partial charge in [0.25, 0.3) is 5.91 Å². The molecule has 7 heteroatoms. The van der Waals surface area contributed by atoms with Crippen molar-refractivity contribution in [2.75, 3.05) is 11.5 Å². The van der Waals surface area contributed by atoms with E-state index in [1.54, 1.807) is 12.1 Å². The third kappa shape index (κ3) is 5.83. The lowest BCUT2D eigenvalue weighted by Crippen LogP contribution is -2.22. The van der Waals surface area contributed by atoms with Crippen LogP contribution >= 0.6 is 0 Å². The number of nitrogens with two attached hydrogens (primary N) is 2. The topological polar surface area (TPSA) is 119 Å². The lowest BCUT2D eigenvalue weighted by atomic mass is 10.0. The quantitative estimate of drug-likeness (QED) is 0.323. The number of pyridine rings is 1. The number of aromatic nitrogens is 1. The minimum atomic E-state index is -0.140. The molecule has 4 aromatic rings. The first kappa shape index (κ1) is 22.7. The van der Waals surface area contributed by atoms with E-state index >= 15 is 0 Å². The first-order valence-electron chi connectivity index (χ1n) is 10.9. The maximum absolute atomic E-state index is 12.7. The highest BCUT2D eigenvalue weighted by Crippen LogP contribution is 2.31. The summed E-state index contributed by atoms with van der Waals surface area (Å²) in [6.45, 7) is 2.47. The van der Waals surface area contributed by atoms with Crippen LogP contribution in [0, 0.1) is 6.92 Å². The monoisotopic (exact) mass is 450 g/mol. The Morgan fingerprint density at radius 1 is 0.882 bits per heavy atom. The molecule has 0 saturated heterocycles. The van der Waals surface area contributed by atoms with Gasteiger partial charge in [0.05, 0.1) is 5.69 Å². The van der Waals surface area contributed by atoms with Crippen molar-refractivity contribution in [3.8, 4) is 0 Å². The number of benzene rings is 3. The van der Waals surface area contributed by atoms with Crippen molar-refractivity contribution >= 4 is 28.9 Å². The van der Waals surface area contributed by atoms with Gasteiger partial charge in [-0.2, -0.15) is 5.11 Å². The lowest BCUT2D eigenvalue weighted by Gasteiger charge is -2.10. The van der Waals surface area contributed by atoms with Crippen molar-refractivity contribution < 1.29 is 4.79 Å². The van der Waals surface area contributed by atoms with Crippen LogP contribution in [0.4, 0.5) is 23.0 Å². The van der Waals surface area contributed by atoms with Gasteiger partial charge in [-0.25, -0.2) is 4.98 Å². The van der Waals surface area contributed by atoms with Crippen LogP contribution < -0.4 is 16.8 Å². The fourth-order valence-electron chi connectivity index (χ4n) is 3.53. The van der Waals surface area contributed by atoms with Crippen molar-refractivity contribution in [1.82, 2.24) is 10.3 Å². The Morgan fingerprint density at radius 2 is 1.62 bits per heavy atom. The molecule has 0 aliphatic rings. The molecule has 0 bridgehead atoms. The standard InChI is InChI=1S/C27H26N6O/c1-18-10-12-23(13-11-18)32-33-25-22(16-24(28)31-26(25)29)15-20-8-5-9-21(14-20)27(34)30-17-19-6-3-2-4-7-19/h2-14,16H,15,17H2,1H3,(H,30,34)(H4,28,29,31). The Hall–Kier alpha value is -4.52. The normalized spacial score (nSPS) is 11.0. The molecule has 0 aliphatic carbocycles. The molecule has 5 N–H and O–H groups in total. The molecule has 0 aliphatic heterocycles. The van der Waals surface area contributed by atoms with Gasteiger partial charge in [0.1, 0.15) is 11.5 Å². The van der Waals surface area contributed by atoms with Gasteiger partial charge in [0.2, 0.25) is 0 Å².